The number of aromatic nitrogens is 2. The standard InChI is InChI=1S/C12H14BrN3O/c1-8(14)11-6-15-7-16(11)10-5-9(13)3-4-12(10)17-2/h3-8H,14H2,1-2H3/t8-/m1/s1. The van der Waals surface area contributed by atoms with Crippen LogP contribution >= 0.6 is 15.9 Å². The fourth-order valence-corrected chi connectivity index (χ4v) is 2.04. The molecule has 2 N–H and O–H groups in total. The lowest BCUT2D eigenvalue weighted by atomic mass is 10.2. The number of benzene rings is 1. The van der Waals surface area contributed by atoms with Crippen molar-refractivity contribution in [3.05, 3.63) is 40.9 Å². The van der Waals surface area contributed by atoms with Crippen LogP contribution in [-0.2, 0) is 0 Å². The van der Waals surface area contributed by atoms with E-state index in [2.05, 4.69) is 20.9 Å². The van der Waals surface area contributed by atoms with Crippen LogP contribution in [0.2, 0.25) is 0 Å². The van der Waals surface area contributed by atoms with Crippen LogP contribution in [0, 0.1) is 0 Å². The molecule has 0 aliphatic heterocycles. The summed E-state index contributed by atoms with van der Waals surface area (Å²) in [5, 5.41) is 0. The summed E-state index contributed by atoms with van der Waals surface area (Å²) < 4.78 is 8.27. The number of nitrogens with zero attached hydrogens (tertiary/aromatic N) is 2. The van der Waals surface area contributed by atoms with E-state index in [0.29, 0.717) is 0 Å². The maximum Gasteiger partial charge on any atom is 0.142 e. The molecule has 5 heteroatoms. The third-order valence-electron chi connectivity index (χ3n) is 2.53. The molecule has 17 heavy (non-hydrogen) atoms. The molecule has 1 heterocycles. The molecule has 0 aliphatic carbocycles. The van der Waals surface area contributed by atoms with Gasteiger partial charge in [-0.2, -0.15) is 0 Å². The number of ether oxygens (including phenoxy) is 1. The monoisotopic (exact) mass is 295 g/mol. The number of rotatable bonds is 3. The largest absolute Gasteiger partial charge is 0.495 e. The van der Waals surface area contributed by atoms with E-state index in [1.165, 1.54) is 0 Å². The zero-order chi connectivity index (χ0) is 12.4. The molecule has 0 radical (unpaired) electrons. The summed E-state index contributed by atoms with van der Waals surface area (Å²) in [5.74, 6) is 0.785. The fraction of sp³-hybridized carbons (Fsp3) is 0.250. The van der Waals surface area contributed by atoms with Crippen molar-refractivity contribution >= 4 is 15.9 Å². The molecule has 1 aromatic heterocycles. The SMILES string of the molecule is COc1ccc(Br)cc1-n1cncc1[C@@H](C)N. The van der Waals surface area contributed by atoms with E-state index in [1.54, 1.807) is 19.6 Å². The first kappa shape index (κ1) is 12.1. The number of halogens is 1. The molecule has 0 bridgehead atoms. The lowest BCUT2D eigenvalue weighted by Crippen LogP contribution is -2.11. The summed E-state index contributed by atoms with van der Waals surface area (Å²) in [6.45, 7) is 1.93. The molecule has 4 nitrogen and oxygen atoms in total. The molecular weight excluding hydrogens is 282 g/mol. The quantitative estimate of drug-likeness (QED) is 0.947. The Morgan fingerprint density at radius 2 is 2.24 bits per heavy atom. The molecule has 0 fully saturated rings. The minimum atomic E-state index is -0.0822. The Labute approximate surface area is 109 Å². The molecule has 0 amide bonds. The first-order valence-corrected chi connectivity index (χ1v) is 6.04. The van der Waals surface area contributed by atoms with Gasteiger partial charge in [0.25, 0.3) is 0 Å². The molecule has 0 saturated heterocycles. The topological polar surface area (TPSA) is 53.1 Å². The maximum atomic E-state index is 5.91. The van der Waals surface area contributed by atoms with Gasteiger partial charge in [0, 0.05) is 10.5 Å². The van der Waals surface area contributed by atoms with Crippen LogP contribution in [-0.4, -0.2) is 16.7 Å². The van der Waals surface area contributed by atoms with Crippen molar-refractivity contribution in [2.75, 3.05) is 7.11 Å². The Kier molecular flexibility index (Phi) is 3.49. The van der Waals surface area contributed by atoms with Crippen LogP contribution in [0.1, 0.15) is 18.7 Å². The van der Waals surface area contributed by atoms with Gasteiger partial charge in [0.2, 0.25) is 0 Å². The normalized spacial score (nSPS) is 12.5. The van der Waals surface area contributed by atoms with Crippen LogP contribution in [0.4, 0.5) is 0 Å². The van der Waals surface area contributed by atoms with E-state index in [-0.39, 0.29) is 6.04 Å². The fourth-order valence-electron chi connectivity index (χ4n) is 1.69. The van der Waals surface area contributed by atoms with Crippen LogP contribution in [0.25, 0.3) is 5.69 Å². The smallest absolute Gasteiger partial charge is 0.142 e. The zero-order valence-electron chi connectivity index (χ0n) is 9.72. The van der Waals surface area contributed by atoms with Crippen LogP contribution in [0.15, 0.2) is 35.2 Å². The van der Waals surface area contributed by atoms with Gasteiger partial charge in [0.15, 0.2) is 0 Å². The zero-order valence-corrected chi connectivity index (χ0v) is 11.3. The van der Waals surface area contributed by atoms with E-state index in [4.69, 9.17) is 10.5 Å². The Morgan fingerprint density at radius 3 is 2.88 bits per heavy atom. The number of nitrogens with two attached hydrogens (primary N) is 1. The van der Waals surface area contributed by atoms with Gasteiger partial charge >= 0.3 is 0 Å². The van der Waals surface area contributed by atoms with Crippen molar-refractivity contribution in [3.63, 3.8) is 0 Å². The van der Waals surface area contributed by atoms with Crippen molar-refractivity contribution in [1.82, 2.24) is 9.55 Å². The summed E-state index contributed by atoms with van der Waals surface area (Å²) in [6.07, 6.45) is 3.51. The predicted octanol–water partition coefficient (Wildman–Crippen LogP) is 2.66. The summed E-state index contributed by atoms with van der Waals surface area (Å²) in [4.78, 5) is 4.14. The number of hydrogen-bond donors (Lipinski definition) is 1. The molecule has 0 aliphatic rings. The van der Waals surface area contributed by atoms with E-state index in [0.717, 1.165) is 21.6 Å². The highest BCUT2D eigenvalue weighted by Crippen LogP contribution is 2.28. The first-order valence-electron chi connectivity index (χ1n) is 5.25. The Bertz CT molecular complexity index is 522. The van der Waals surface area contributed by atoms with Gasteiger partial charge in [-0.15, -0.1) is 0 Å². The highest BCUT2D eigenvalue weighted by atomic mass is 79.9. The van der Waals surface area contributed by atoms with Crippen LogP contribution in [0.3, 0.4) is 0 Å². The van der Waals surface area contributed by atoms with Crippen molar-refractivity contribution in [2.24, 2.45) is 5.73 Å². The van der Waals surface area contributed by atoms with Gasteiger partial charge in [0.05, 0.1) is 31.0 Å². The second kappa shape index (κ2) is 4.89. The van der Waals surface area contributed by atoms with E-state index in [9.17, 15) is 0 Å². The molecule has 2 aromatic rings. The molecular formula is C12H14BrN3O. The van der Waals surface area contributed by atoms with Gasteiger partial charge < -0.3 is 10.5 Å². The van der Waals surface area contributed by atoms with Crippen LogP contribution < -0.4 is 10.5 Å². The summed E-state index contributed by atoms with van der Waals surface area (Å²) in [6, 6.07) is 5.74. The maximum absolute atomic E-state index is 5.91. The predicted molar refractivity (Wildman–Crippen MR) is 70.4 cm³/mol. The van der Waals surface area contributed by atoms with Crippen molar-refractivity contribution < 1.29 is 4.74 Å². The molecule has 1 aromatic carbocycles. The highest BCUT2D eigenvalue weighted by molar-refractivity contribution is 9.10. The van der Waals surface area contributed by atoms with Gasteiger partial charge in [0.1, 0.15) is 5.75 Å². The lowest BCUT2D eigenvalue weighted by Gasteiger charge is -2.14. The average Bonchev–Trinajstić information content (AvgIpc) is 2.77. The average molecular weight is 296 g/mol. The molecule has 0 spiro atoms. The van der Waals surface area contributed by atoms with Crippen LogP contribution in [0.5, 0.6) is 5.75 Å². The molecule has 90 valence electrons. The summed E-state index contributed by atoms with van der Waals surface area (Å²) >= 11 is 3.45. The highest BCUT2D eigenvalue weighted by Gasteiger charge is 2.12. The molecule has 0 saturated carbocycles. The first-order chi connectivity index (χ1) is 8.13. The number of imidazole rings is 1. The van der Waals surface area contributed by atoms with E-state index >= 15 is 0 Å². The van der Waals surface area contributed by atoms with Crippen molar-refractivity contribution in [2.45, 2.75) is 13.0 Å². The Balaban J connectivity index is 2.59. The third-order valence-corrected chi connectivity index (χ3v) is 3.03. The second-order valence-corrected chi connectivity index (χ2v) is 4.71. The summed E-state index contributed by atoms with van der Waals surface area (Å²) in [7, 11) is 1.65. The second-order valence-electron chi connectivity index (χ2n) is 3.79. The third kappa shape index (κ3) is 2.35. The molecule has 2 rings (SSSR count). The van der Waals surface area contributed by atoms with E-state index in [1.807, 2.05) is 29.7 Å². The lowest BCUT2D eigenvalue weighted by molar-refractivity contribution is 0.412. The minimum absolute atomic E-state index is 0.0822. The molecule has 1 atom stereocenters. The van der Waals surface area contributed by atoms with Gasteiger partial charge in [-0.1, -0.05) is 15.9 Å². The van der Waals surface area contributed by atoms with Crippen molar-refractivity contribution in [3.8, 4) is 11.4 Å². The number of hydrogen-bond acceptors (Lipinski definition) is 3. The van der Waals surface area contributed by atoms with Gasteiger partial charge in [-0.3, -0.25) is 4.57 Å². The minimum Gasteiger partial charge on any atom is -0.495 e. The van der Waals surface area contributed by atoms with Gasteiger partial charge in [-0.05, 0) is 25.1 Å². The number of methoxy groups -OCH3 is 1. The molecule has 0 unspecified atom stereocenters. The van der Waals surface area contributed by atoms with Gasteiger partial charge in [-0.25, -0.2) is 4.98 Å². The summed E-state index contributed by atoms with van der Waals surface area (Å²) in [5.41, 5.74) is 7.78. The van der Waals surface area contributed by atoms with Crippen molar-refractivity contribution in [1.29, 1.82) is 0 Å². The van der Waals surface area contributed by atoms with E-state index < -0.39 is 0 Å². The Hall–Kier alpha value is -1.33. The Morgan fingerprint density at radius 1 is 1.47 bits per heavy atom.